The number of aliphatic imine (C=N–C) groups is 1. The van der Waals surface area contributed by atoms with Gasteiger partial charge in [-0.2, -0.15) is 0 Å². The number of hydrogen-bond donors (Lipinski definition) is 1. The van der Waals surface area contributed by atoms with E-state index in [4.69, 9.17) is 23.9 Å². The Morgan fingerprint density at radius 3 is 2.34 bits per heavy atom. The van der Waals surface area contributed by atoms with Gasteiger partial charge in [-0.05, 0) is 17.5 Å². The fourth-order valence-electron chi connectivity index (χ4n) is 4.50. The Balaban J connectivity index is 1.85. The number of hydrogen-bond acceptors (Lipinski definition) is 6. The lowest BCUT2D eigenvalue weighted by atomic mass is 9.99. The lowest BCUT2D eigenvalue weighted by Crippen LogP contribution is -2.54. The highest BCUT2D eigenvalue weighted by molar-refractivity contribution is 5.98. The van der Waals surface area contributed by atoms with Gasteiger partial charge in [0.05, 0.1) is 33.9 Å². The summed E-state index contributed by atoms with van der Waals surface area (Å²) in [6.07, 6.45) is 2.42. The molecule has 186 valence electrons. The van der Waals surface area contributed by atoms with Crippen molar-refractivity contribution in [3.63, 3.8) is 0 Å². The fourth-order valence-corrected chi connectivity index (χ4v) is 4.50. The molecule has 4 rings (SSSR count). The molecule has 35 heavy (non-hydrogen) atoms. The maximum absolute atomic E-state index is 14.2. The number of rotatable bonds is 8. The van der Waals surface area contributed by atoms with Gasteiger partial charge in [0.2, 0.25) is 0 Å². The van der Waals surface area contributed by atoms with Crippen LogP contribution in [0.25, 0.3) is 16.6 Å². The van der Waals surface area contributed by atoms with Crippen molar-refractivity contribution in [2.24, 2.45) is 10.9 Å². The van der Waals surface area contributed by atoms with E-state index in [1.807, 2.05) is 48.7 Å². The van der Waals surface area contributed by atoms with Crippen LogP contribution in [-0.2, 0) is 16.1 Å². The zero-order valence-corrected chi connectivity index (χ0v) is 21.1. The van der Waals surface area contributed by atoms with Crippen molar-refractivity contribution in [1.29, 1.82) is 0 Å². The van der Waals surface area contributed by atoms with E-state index in [1.165, 1.54) is 7.11 Å². The standard InChI is InChI=1S/C27H33N3O5/c1-17(2)12-22-26(35-16-18-10-8-7-9-11-18)29-25(27(34-6)30(22,3)31)20-15-28-21-14-24(33-5)23(32-4)13-19(20)21/h7-11,13-15,17,22,28H,12,16H2,1-6H3. The highest BCUT2D eigenvalue weighted by Gasteiger charge is 2.43. The van der Waals surface area contributed by atoms with Gasteiger partial charge in [-0.1, -0.05) is 44.2 Å². The summed E-state index contributed by atoms with van der Waals surface area (Å²) in [4.78, 5) is 8.17. The molecule has 0 fully saturated rings. The summed E-state index contributed by atoms with van der Waals surface area (Å²) in [7, 11) is 6.30. The van der Waals surface area contributed by atoms with E-state index in [0.29, 0.717) is 36.1 Å². The number of aromatic nitrogens is 1. The predicted molar refractivity (Wildman–Crippen MR) is 137 cm³/mol. The molecule has 3 aromatic rings. The highest BCUT2D eigenvalue weighted by atomic mass is 16.6. The minimum Gasteiger partial charge on any atom is -0.625 e. The van der Waals surface area contributed by atoms with Gasteiger partial charge >= 0.3 is 5.88 Å². The third-order valence-electron chi connectivity index (χ3n) is 6.27. The van der Waals surface area contributed by atoms with E-state index in [-0.39, 0.29) is 11.8 Å². The minimum absolute atomic E-state index is 0.235. The number of hydroxylamine groups is 3. The van der Waals surface area contributed by atoms with Crippen LogP contribution in [0.4, 0.5) is 0 Å². The molecular formula is C27H33N3O5. The van der Waals surface area contributed by atoms with Crippen molar-refractivity contribution in [3.8, 4) is 11.5 Å². The zero-order valence-electron chi connectivity index (χ0n) is 21.1. The first kappa shape index (κ1) is 24.6. The average molecular weight is 480 g/mol. The van der Waals surface area contributed by atoms with Gasteiger partial charge in [0.15, 0.2) is 23.2 Å². The molecule has 2 atom stereocenters. The Bertz CT molecular complexity index is 1240. The molecule has 2 heterocycles. The third kappa shape index (κ3) is 4.72. The molecule has 1 aromatic heterocycles. The molecule has 2 aromatic carbocycles. The number of nitrogens with one attached hydrogen (secondary N) is 1. The van der Waals surface area contributed by atoms with Crippen LogP contribution in [0.2, 0.25) is 0 Å². The van der Waals surface area contributed by atoms with E-state index in [0.717, 1.165) is 22.0 Å². The molecule has 0 saturated carbocycles. The molecular weight excluding hydrogens is 446 g/mol. The van der Waals surface area contributed by atoms with Gasteiger partial charge in [-0.25, -0.2) is 4.99 Å². The van der Waals surface area contributed by atoms with Gasteiger partial charge in [0.25, 0.3) is 5.90 Å². The fraction of sp³-hybridized carbons (Fsp3) is 0.370. The van der Waals surface area contributed by atoms with Crippen molar-refractivity contribution in [2.75, 3.05) is 28.4 Å². The topological polar surface area (TPSA) is 88.1 Å². The van der Waals surface area contributed by atoms with Gasteiger partial charge in [0.1, 0.15) is 6.61 Å². The second-order valence-corrected chi connectivity index (χ2v) is 9.17. The largest absolute Gasteiger partial charge is 0.625 e. The Kier molecular flexibility index (Phi) is 7.05. The number of H-pyrrole nitrogens is 1. The van der Waals surface area contributed by atoms with Crippen LogP contribution in [0.5, 0.6) is 11.5 Å². The van der Waals surface area contributed by atoms with E-state index >= 15 is 0 Å². The summed E-state index contributed by atoms with van der Waals surface area (Å²) in [5.41, 5.74) is 2.99. The number of fused-ring (bicyclic) bond motifs is 1. The summed E-state index contributed by atoms with van der Waals surface area (Å²) in [5, 5.41) is 15.0. The van der Waals surface area contributed by atoms with Gasteiger partial charge in [0, 0.05) is 29.6 Å². The molecule has 8 nitrogen and oxygen atoms in total. The van der Waals surface area contributed by atoms with E-state index in [1.54, 1.807) is 21.3 Å². The molecule has 1 N–H and O–H groups in total. The number of ether oxygens (including phenoxy) is 4. The predicted octanol–water partition coefficient (Wildman–Crippen LogP) is 5.45. The maximum Gasteiger partial charge on any atom is 0.319 e. The molecule has 0 aliphatic carbocycles. The lowest BCUT2D eigenvalue weighted by Gasteiger charge is -2.47. The Morgan fingerprint density at radius 1 is 1.03 bits per heavy atom. The number of methoxy groups -OCH3 is 3. The summed E-state index contributed by atoms with van der Waals surface area (Å²) in [5.74, 6) is 2.10. The molecule has 0 radical (unpaired) electrons. The van der Waals surface area contributed by atoms with Crippen molar-refractivity contribution in [2.45, 2.75) is 32.9 Å². The van der Waals surface area contributed by atoms with Crippen LogP contribution in [0.3, 0.4) is 0 Å². The minimum atomic E-state index is -0.752. The number of likely N-dealkylation sites (N-methyl/N-ethyl adjacent to an activating group) is 1. The first-order valence-corrected chi connectivity index (χ1v) is 11.6. The van der Waals surface area contributed by atoms with Crippen LogP contribution in [0.1, 0.15) is 31.4 Å². The molecule has 1 aliphatic heterocycles. The SMILES string of the molecule is COC1=C(c2c[nH]c3cc(OC)c(OC)cc23)N=C(OCc2ccccc2)C(CC(C)C)[N+]1(C)[O-]. The van der Waals surface area contributed by atoms with Crippen molar-refractivity contribution < 1.29 is 23.6 Å². The van der Waals surface area contributed by atoms with Crippen molar-refractivity contribution >= 4 is 22.5 Å². The second-order valence-electron chi connectivity index (χ2n) is 9.17. The van der Waals surface area contributed by atoms with E-state index < -0.39 is 10.7 Å². The number of aromatic amines is 1. The highest BCUT2D eigenvalue weighted by Crippen LogP contribution is 2.41. The second kappa shape index (κ2) is 10.0. The maximum atomic E-state index is 14.2. The van der Waals surface area contributed by atoms with E-state index in [9.17, 15) is 5.21 Å². The zero-order chi connectivity index (χ0) is 25.2. The van der Waals surface area contributed by atoms with Gasteiger partial charge in [-0.3, -0.25) is 4.65 Å². The third-order valence-corrected chi connectivity index (χ3v) is 6.27. The Hall–Kier alpha value is -3.49. The van der Waals surface area contributed by atoms with Crippen LogP contribution in [0, 0.1) is 11.1 Å². The quantitative estimate of drug-likeness (QED) is 0.343. The van der Waals surface area contributed by atoms with Crippen LogP contribution < -0.4 is 9.47 Å². The van der Waals surface area contributed by atoms with Gasteiger partial charge < -0.3 is 29.1 Å². The monoisotopic (exact) mass is 479 g/mol. The number of quaternary nitrogens is 1. The van der Waals surface area contributed by atoms with Crippen LogP contribution in [0.15, 0.2) is 59.5 Å². The van der Waals surface area contributed by atoms with E-state index in [2.05, 4.69) is 18.8 Å². The first-order chi connectivity index (χ1) is 16.8. The van der Waals surface area contributed by atoms with Crippen LogP contribution in [-0.4, -0.2) is 49.9 Å². The smallest absolute Gasteiger partial charge is 0.319 e. The molecule has 8 heteroatoms. The van der Waals surface area contributed by atoms with Crippen LogP contribution >= 0.6 is 0 Å². The summed E-state index contributed by atoms with van der Waals surface area (Å²) >= 11 is 0. The summed E-state index contributed by atoms with van der Waals surface area (Å²) in [6.45, 7) is 4.49. The molecule has 1 aliphatic rings. The normalized spacial score (nSPS) is 20.2. The average Bonchev–Trinajstić information content (AvgIpc) is 3.26. The Labute approximate surface area is 205 Å². The number of nitrogens with zero attached hydrogens (tertiary/aromatic N) is 2. The molecule has 0 amide bonds. The lowest BCUT2D eigenvalue weighted by molar-refractivity contribution is -0.855. The number of benzene rings is 2. The van der Waals surface area contributed by atoms with Gasteiger partial charge in [-0.15, -0.1) is 0 Å². The molecule has 0 saturated heterocycles. The Morgan fingerprint density at radius 2 is 1.71 bits per heavy atom. The first-order valence-electron chi connectivity index (χ1n) is 11.6. The molecule has 0 bridgehead atoms. The summed E-state index contributed by atoms with van der Waals surface area (Å²) in [6, 6.07) is 13.1. The van der Waals surface area contributed by atoms with Crippen molar-refractivity contribution in [1.82, 2.24) is 4.98 Å². The molecule has 2 unspecified atom stereocenters. The molecule has 0 spiro atoms. The summed E-state index contributed by atoms with van der Waals surface area (Å²) < 4.78 is 22.1. The van der Waals surface area contributed by atoms with Crippen molar-refractivity contribution in [3.05, 3.63) is 70.9 Å².